The molecule has 4 rings (SSSR count). The summed E-state index contributed by atoms with van der Waals surface area (Å²) in [5, 5.41) is 23.1. The third-order valence-corrected chi connectivity index (χ3v) is 7.86. The van der Waals surface area contributed by atoms with Crippen LogP contribution in [0, 0.1) is 43.4 Å². The van der Waals surface area contributed by atoms with E-state index in [9.17, 15) is 58.8 Å². The Morgan fingerprint density at radius 2 is 1.12 bits per heavy atom. The second-order valence-electron chi connectivity index (χ2n) is 10.9. The highest BCUT2D eigenvalue weighted by Crippen LogP contribution is 2.72. The van der Waals surface area contributed by atoms with Gasteiger partial charge in [-0.3, -0.25) is 9.59 Å². The number of carbonyl (C=O) groups is 2. The second kappa shape index (κ2) is 11.2. The van der Waals surface area contributed by atoms with Gasteiger partial charge in [-0.05, 0) is 73.9 Å². The standard InChI is InChI=1S/C31H19F11N4O2/c1-14-8-17(12-43)4-7-21(14)25(48)45-22-11-18(5-6-19(22)13-44)24(47)46-23-15(2)9-20(10-16(23)3)26(32)27(33,34)29(37,38)31(41,42)30(39,40)28(26,35)36/h4-11H,1-3H3,(H,45,48)(H,46,47). The fourth-order valence-electron chi connectivity index (χ4n) is 5.19. The first-order valence-electron chi connectivity index (χ1n) is 13.3. The van der Waals surface area contributed by atoms with Crippen LogP contribution in [0.5, 0.6) is 0 Å². The first-order chi connectivity index (χ1) is 21.9. The molecular formula is C31H19F11N4O2. The topological polar surface area (TPSA) is 106 Å². The Morgan fingerprint density at radius 1 is 0.604 bits per heavy atom. The van der Waals surface area contributed by atoms with Crippen molar-refractivity contribution in [2.45, 2.75) is 56.1 Å². The highest BCUT2D eigenvalue weighted by molar-refractivity contribution is 6.09. The third kappa shape index (κ3) is 4.74. The van der Waals surface area contributed by atoms with Gasteiger partial charge in [0.05, 0.1) is 22.9 Å². The summed E-state index contributed by atoms with van der Waals surface area (Å²) in [6.07, 6.45) is 0. The van der Waals surface area contributed by atoms with Gasteiger partial charge in [-0.15, -0.1) is 0 Å². The fourth-order valence-corrected chi connectivity index (χ4v) is 5.19. The molecule has 1 aliphatic carbocycles. The molecular weight excluding hydrogens is 669 g/mol. The Hall–Kier alpha value is -5.19. The monoisotopic (exact) mass is 688 g/mol. The van der Waals surface area contributed by atoms with Gasteiger partial charge in [0, 0.05) is 22.4 Å². The molecule has 17 heteroatoms. The van der Waals surface area contributed by atoms with Gasteiger partial charge in [0.15, 0.2) is 0 Å². The van der Waals surface area contributed by atoms with Crippen LogP contribution in [-0.2, 0) is 5.67 Å². The van der Waals surface area contributed by atoms with Crippen LogP contribution in [0.2, 0.25) is 0 Å². The predicted octanol–water partition coefficient (Wildman–Crippen LogP) is 8.21. The molecule has 1 aliphatic rings. The molecule has 0 unspecified atom stereocenters. The molecule has 0 spiro atoms. The van der Waals surface area contributed by atoms with E-state index in [2.05, 4.69) is 10.6 Å². The smallest absolute Gasteiger partial charge is 0.322 e. The maximum atomic E-state index is 15.7. The lowest BCUT2D eigenvalue weighted by Crippen LogP contribution is -2.82. The van der Waals surface area contributed by atoms with Crippen LogP contribution in [0.25, 0.3) is 0 Å². The Balaban J connectivity index is 1.71. The van der Waals surface area contributed by atoms with Crippen LogP contribution < -0.4 is 10.6 Å². The highest BCUT2D eigenvalue weighted by atomic mass is 19.4. The molecule has 1 fully saturated rings. The van der Waals surface area contributed by atoms with Crippen molar-refractivity contribution >= 4 is 23.2 Å². The van der Waals surface area contributed by atoms with Crippen LogP contribution in [0.1, 0.15) is 54.1 Å². The number of benzene rings is 3. The molecule has 252 valence electrons. The van der Waals surface area contributed by atoms with Gasteiger partial charge < -0.3 is 10.6 Å². The minimum atomic E-state index is -7.36. The van der Waals surface area contributed by atoms with E-state index >= 15 is 4.39 Å². The van der Waals surface area contributed by atoms with Crippen LogP contribution in [0.15, 0.2) is 48.5 Å². The molecule has 0 aliphatic heterocycles. The number of nitrogens with zero attached hydrogens (tertiary/aromatic N) is 2. The van der Waals surface area contributed by atoms with Crippen molar-refractivity contribution in [1.82, 2.24) is 0 Å². The Morgan fingerprint density at radius 3 is 1.60 bits per heavy atom. The van der Waals surface area contributed by atoms with E-state index in [4.69, 9.17) is 5.26 Å². The maximum absolute atomic E-state index is 15.7. The molecule has 0 radical (unpaired) electrons. The summed E-state index contributed by atoms with van der Waals surface area (Å²) in [6, 6.07) is 11.1. The van der Waals surface area contributed by atoms with E-state index in [-0.39, 0.29) is 40.1 Å². The Bertz CT molecular complexity index is 1890. The van der Waals surface area contributed by atoms with Crippen molar-refractivity contribution in [1.29, 1.82) is 10.5 Å². The van der Waals surface area contributed by atoms with Gasteiger partial charge in [-0.1, -0.05) is 12.1 Å². The number of nitrogens with one attached hydrogen (secondary N) is 2. The average molecular weight is 688 g/mol. The van der Waals surface area contributed by atoms with Crippen LogP contribution in [0.4, 0.5) is 59.7 Å². The van der Waals surface area contributed by atoms with Crippen LogP contribution in [-0.4, -0.2) is 41.4 Å². The molecule has 0 aromatic heterocycles. The van der Waals surface area contributed by atoms with Crippen molar-refractivity contribution in [2.75, 3.05) is 10.6 Å². The largest absolute Gasteiger partial charge is 0.384 e. The quantitative estimate of drug-likeness (QED) is 0.264. The summed E-state index contributed by atoms with van der Waals surface area (Å²) in [7, 11) is 0. The van der Waals surface area contributed by atoms with Crippen molar-refractivity contribution in [3.8, 4) is 12.1 Å². The Kier molecular flexibility index (Phi) is 8.33. The normalized spacial score (nSPS) is 19.3. The fraction of sp³-hybridized carbons (Fsp3) is 0.290. The molecule has 0 atom stereocenters. The molecule has 6 nitrogen and oxygen atoms in total. The van der Waals surface area contributed by atoms with Gasteiger partial charge in [0.2, 0.25) is 0 Å². The second-order valence-corrected chi connectivity index (χ2v) is 10.9. The number of halogens is 11. The van der Waals surface area contributed by atoms with E-state index in [0.29, 0.717) is 5.56 Å². The molecule has 48 heavy (non-hydrogen) atoms. The van der Waals surface area contributed by atoms with Crippen molar-refractivity contribution < 1.29 is 57.9 Å². The number of aryl methyl sites for hydroxylation is 3. The van der Waals surface area contributed by atoms with E-state index in [1.165, 1.54) is 25.1 Å². The van der Waals surface area contributed by atoms with Gasteiger partial charge in [0.1, 0.15) is 6.07 Å². The number of hydrogen-bond donors (Lipinski definition) is 2. The minimum absolute atomic E-state index is 0.00437. The summed E-state index contributed by atoms with van der Waals surface area (Å²) in [6.45, 7) is 3.27. The number of hydrogen-bond acceptors (Lipinski definition) is 4. The summed E-state index contributed by atoms with van der Waals surface area (Å²) < 4.78 is 158. The molecule has 0 saturated heterocycles. The van der Waals surface area contributed by atoms with Gasteiger partial charge in [-0.25, -0.2) is 4.39 Å². The zero-order valence-electron chi connectivity index (χ0n) is 24.5. The van der Waals surface area contributed by atoms with Gasteiger partial charge in [0.25, 0.3) is 17.5 Å². The number of carbonyl (C=O) groups excluding carboxylic acids is 2. The lowest BCUT2D eigenvalue weighted by atomic mass is 9.68. The summed E-state index contributed by atoms with van der Waals surface area (Å²) in [4.78, 5) is 26.0. The Labute approximate surface area is 263 Å². The number of rotatable bonds is 5. The molecule has 0 heterocycles. The summed E-state index contributed by atoms with van der Waals surface area (Å²) >= 11 is 0. The van der Waals surface area contributed by atoms with Crippen LogP contribution in [0.3, 0.4) is 0 Å². The van der Waals surface area contributed by atoms with Gasteiger partial charge >= 0.3 is 29.6 Å². The molecule has 3 aromatic carbocycles. The SMILES string of the molecule is Cc1cc(C#N)ccc1C(=O)Nc1cc(C(=O)Nc2c(C)cc(C3(F)C(F)(F)C(F)(F)C(F)(F)C(F)(F)C3(F)F)cc2C)ccc1C#N. The number of nitriles is 2. The average Bonchev–Trinajstić information content (AvgIpc) is 3.00. The van der Waals surface area contributed by atoms with Crippen molar-refractivity contribution in [3.63, 3.8) is 0 Å². The molecule has 0 bridgehead atoms. The first kappa shape index (κ1) is 35.7. The molecule has 3 aromatic rings. The van der Waals surface area contributed by atoms with E-state index in [1.54, 1.807) is 6.07 Å². The van der Waals surface area contributed by atoms with Crippen molar-refractivity contribution in [3.05, 3.63) is 93.0 Å². The van der Waals surface area contributed by atoms with Crippen molar-refractivity contribution in [2.24, 2.45) is 0 Å². The lowest BCUT2D eigenvalue weighted by Gasteiger charge is -2.52. The number of amides is 2. The van der Waals surface area contributed by atoms with E-state index in [1.807, 2.05) is 6.07 Å². The van der Waals surface area contributed by atoms with Gasteiger partial charge in [-0.2, -0.15) is 54.4 Å². The number of alkyl halides is 11. The maximum Gasteiger partial charge on any atom is 0.384 e. The zero-order chi connectivity index (χ0) is 36.4. The lowest BCUT2D eigenvalue weighted by molar-refractivity contribution is -0.489. The van der Waals surface area contributed by atoms with Crippen LogP contribution >= 0.6 is 0 Å². The molecule has 2 amide bonds. The zero-order valence-corrected chi connectivity index (χ0v) is 24.5. The first-order valence-corrected chi connectivity index (χ1v) is 13.3. The molecule has 1 saturated carbocycles. The summed E-state index contributed by atoms with van der Waals surface area (Å²) in [5.74, 6) is -37.9. The number of anilines is 2. The molecule has 2 N–H and O–H groups in total. The van der Waals surface area contributed by atoms with E-state index < -0.39 is 69.5 Å². The highest BCUT2D eigenvalue weighted by Gasteiger charge is 3.01. The van der Waals surface area contributed by atoms with E-state index in [0.717, 1.165) is 32.0 Å². The minimum Gasteiger partial charge on any atom is -0.322 e. The summed E-state index contributed by atoms with van der Waals surface area (Å²) in [5.41, 5.74) is -10.0. The predicted molar refractivity (Wildman–Crippen MR) is 146 cm³/mol. The third-order valence-electron chi connectivity index (χ3n) is 7.86.